The van der Waals surface area contributed by atoms with Crippen LogP contribution in [0.4, 0.5) is 0 Å². The second-order valence-electron chi connectivity index (χ2n) is 5.49. The molecule has 1 heterocycles. The molecule has 1 aliphatic heterocycles. The predicted octanol–water partition coefficient (Wildman–Crippen LogP) is 3.12. The van der Waals surface area contributed by atoms with E-state index in [2.05, 4.69) is 5.32 Å². The van der Waals surface area contributed by atoms with Crippen LogP contribution < -0.4 is 5.32 Å². The summed E-state index contributed by atoms with van der Waals surface area (Å²) in [5.41, 5.74) is 0. The largest absolute Gasteiger partial charge is 0.378 e. The van der Waals surface area contributed by atoms with Gasteiger partial charge in [0.2, 0.25) is 0 Å². The SMILES string of the molecule is C1CCC(CNCCCC2CCCO2)CC1. The molecule has 1 unspecified atom stereocenters. The Morgan fingerprint density at radius 3 is 2.62 bits per heavy atom. The van der Waals surface area contributed by atoms with Gasteiger partial charge in [-0.1, -0.05) is 19.3 Å². The van der Waals surface area contributed by atoms with Gasteiger partial charge in [0.25, 0.3) is 0 Å². The molecule has 0 radical (unpaired) electrons. The van der Waals surface area contributed by atoms with Crippen LogP contribution >= 0.6 is 0 Å². The lowest BCUT2D eigenvalue weighted by Crippen LogP contribution is -2.25. The van der Waals surface area contributed by atoms with E-state index in [0.717, 1.165) is 12.5 Å². The second-order valence-corrected chi connectivity index (χ2v) is 5.49. The highest BCUT2D eigenvalue weighted by Crippen LogP contribution is 2.22. The Morgan fingerprint density at radius 1 is 1.00 bits per heavy atom. The zero-order valence-electron chi connectivity index (χ0n) is 10.5. The number of rotatable bonds is 6. The first-order chi connectivity index (χ1) is 7.95. The van der Waals surface area contributed by atoms with Gasteiger partial charge >= 0.3 is 0 Å². The van der Waals surface area contributed by atoms with Crippen molar-refractivity contribution in [1.82, 2.24) is 5.32 Å². The van der Waals surface area contributed by atoms with Gasteiger partial charge in [0.15, 0.2) is 0 Å². The van der Waals surface area contributed by atoms with Crippen LogP contribution in [-0.2, 0) is 4.74 Å². The molecule has 2 fully saturated rings. The Kier molecular flexibility index (Phi) is 5.64. The molecule has 0 aromatic rings. The average Bonchev–Trinajstić information content (AvgIpc) is 2.83. The van der Waals surface area contributed by atoms with Crippen LogP contribution in [0.15, 0.2) is 0 Å². The first-order valence-electron chi connectivity index (χ1n) is 7.27. The van der Waals surface area contributed by atoms with Crippen LogP contribution in [0.2, 0.25) is 0 Å². The van der Waals surface area contributed by atoms with Crippen LogP contribution in [0.5, 0.6) is 0 Å². The lowest BCUT2D eigenvalue weighted by atomic mass is 9.89. The molecule has 0 amide bonds. The minimum Gasteiger partial charge on any atom is -0.378 e. The summed E-state index contributed by atoms with van der Waals surface area (Å²) in [6.45, 7) is 3.45. The number of ether oxygens (including phenoxy) is 1. The second kappa shape index (κ2) is 7.29. The van der Waals surface area contributed by atoms with Gasteiger partial charge in [-0.05, 0) is 57.5 Å². The van der Waals surface area contributed by atoms with Crippen LogP contribution in [0.25, 0.3) is 0 Å². The molecule has 1 saturated carbocycles. The van der Waals surface area contributed by atoms with Gasteiger partial charge < -0.3 is 10.1 Å². The quantitative estimate of drug-likeness (QED) is 0.701. The van der Waals surface area contributed by atoms with Crippen molar-refractivity contribution in [2.75, 3.05) is 19.7 Å². The van der Waals surface area contributed by atoms with E-state index >= 15 is 0 Å². The van der Waals surface area contributed by atoms with Crippen LogP contribution in [0.3, 0.4) is 0 Å². The van der Waals surface area contributed by atoms with Gasteiger partial charge in [-0.15, -0.1) is 0 Å². The van der Waals surface area contributed by atoms with Crippen molar-refractivity contribution >= 4 is 0 Å². The molecule has 2 nitrogen and oxygen atoms in total. The highest BCUT2D eigenvalue weighted by molar-refractivity contribution is 4.69. The summed E-state index contributed by atoms with van der Waals surface area (Å²) in [6.07, 6.45) is 13.0. The van der Waals surface area contributed by atoms with Crippen molar-refractivity contribution in [1.29, 1.82) is 0 Å². The van der Waals surface area contributed by atoms with E-state index in [9.17, 15) is 0 Å². The van der Waals surface area contributed by atoms with Crippen molar-refractivity contribution in [3.63, 3.8) is 0 Å². The van der Waals surface area contributed by atoms with Crippen molar-refractivity contribution < 1.29 is 4.74 Å². The monoisotopic (exact) mass is 225 g/mol. The highest BCUT2D eigenvalue weighted by Gasteiger charge is 2.15. The predicted molar refractivity (Wildman–Crippen MR) is 67.7 cm³/mol. The molecule has 94 valence electrons. The topological polar surface area (TPSA) is 21.3 Å². The summed E-state index contributed by atoms with van der Waals surface area (Å²) in [4.78, 5) is 0. The molecule has 2 aliphatic rings. The van der Waals surface area contributed by atoms with Gasteiger partial charge in [0.05, 0.1) is 6.10 Å². The summed E-state index contributed by atoms with van der Waals surface area (Å²) < 4.78 is 5.62. The molecule has 0 aromatic carbocycles. The van der Waals surface area contributed by atoms with Gasteiger partial charge in [-0.3, -0.25) is 0 Å². The fourth-order valence-corrected chi connectivity index (χ4v) is 3.02. The Hall–Kier alpha value is -0.0800. The van der Waals surface area contributed by atoms with Crippen LogP contribution in [0.1, 0.15) is 57.8 Å². The summed E-state index contributed by atoms with van der Waals surface area (Å²) in [6, 6.07) is 0. The summed E-state index contributed by atoms with van der Waals surface area (Å²) in [5, 5.41) is 3.62. The summed E-state index contributed by atoms with van der Waals surface area (Å²) >= 11 is 0. The van der Waals surface area contributed by atoms with Gasteiger partial charge in [-0.25, -0.2) is 0 Å². The van der Waals surface area contributed by atoms with E-state index in [1.807, 2.05) is 0 Å². The smallest absolute Gasteiger partial charge is 0.0576 e. The Bertz CT molecular complexity index is 172. The van der Waals surface area contributed by atoms with Crippen LogP contribution in [-0.4, -0.2) is 25.8 Å². The number of hydrogen-bond acceptors (Lipinski definition) is 2. The third-order valence-electron chi connectivity index (χ3n) is 4.06. The lowest BCUT2D eigenvalue weighted by molar-refractivity contribution is 0.102. The van der Waals surface area contributed by atoms with Crippen molar-refractivity contribution in [2.45, 2.75) is 63.9 Å². The van der Waals surface area contributed by atoms with E-state index in [-0.39, 0.29) is 0 Å². The molecule has 0 spiro atoms. The maximum Gasteiger partial charge on any atom is 0.0576 e. The molecule has 1 atom stereocenters. The van der Waals surface area contributed by atoms with E-state index in [1.54, 1.807) is 0 Å². The maximum absolute atomic E-state index is 5.62. The Labute approximate surface area is 100 Å². The first-order valence-corrected chi connectivity index (χ1v) is 7.27. The normalized spacial score (nSPS) is 27.4. The minimum atomic E-state index is 0.580. The van der Waals surface area contributed by atoms with Crippen molar-refractivity contribution in [2.24, 2.45) is 5.92 Å². The van der Waals surface area contributed by atoms with Gasteiger partial charge in [-0.2, -0.15) is 0 Å². The standard InChI is InChI=1S/C14H27NO/c1-2-6-13(7-3-1)12-15-10-4-8-14-9-5-11-16-14/h13-15H,1-12H2. The molecule has 2 rings (SSSR count). The molecule has 0 aromatic heterocycles. The fraction of sp³-hybridized carbons (Fsp3) is 1.00. The third kappa shape index (κ3) is 4.42. The van der Waals surface area contributed by atoms with Gasteiger partial charge in [0, 0.05) is 6.61 Å². The van der Waals surface area contributed by atoms with Crippen molar-refractivity contribution in [3.8, 4) is 0 Å². The molecule has 1 saturated heterocycles. The Morgan fingerprint density at radius 2 is 1.88 bits per heavy atom. The molecular formula is C14H27NO. The molecule has 1 N–H and O–H groups in total. The number of hydrogen-bond donors (Lipinski definition) is 1. The Balaban J connectivity index is 1.42. The van der Waals surface area contributed by atoms with Gasteiger partial charge in [0.1, 0.15) is 0 Å². The lowest BCUT2D eigenvalue weighted by Gasteiger charge is -2.21. The average molecular weight is 225 g/mol. The summed E-state index contributed by atoms with van der Waals surface area (Å²) in [5.74, 6) is 0.969. The molecule has 2 heteroatoms. The van der Waals surface area contributed by atoms with Crippen LogP contribution in [0, 0.1) is 5.92 Å². The first kappa shape index (κ1) is 12.4. The van der Waals surface area contributed by atoms with E-state index in [4.69, 9.17) is 4.74 Å². The van der Waals surface area contributed by atoms with E-state index < -0.39 is 0 Å². The molecular weight excluding hydrogens is 198 g/mol. The molecule has 1 aliphatic carbocycles. The highest BCUT2D eigenvalue weighted by atomic mass is 16.5. The van der Waals surface area contributed by atoms with Crippen molar-refractivity contribution in [3.05, 3.63) is 0 Å². The zero-order valence-corrected chi connectivity index (χ0v) is 10.5. The van der Waals surface area contributed by atoms with E-state index in [1.165, 1.54) is 70.9 Å². The molecule has 16 heavy (non-hydrogen) atoms. The summed E-state index contributed by atoms with van der Waals surface area (Å²) in [7, 11) is 0. The maximum atomic E-state index is 5.62. The fourth-order valence-electron chi connectivity index (χ4n) is 3.02. The number of nitrogens with one attached hydrogen (secondary N) is 1. The zero-order chi connectivity index (χ0) is 11.1. The minimum absolute atomic E-state index is 0.580. The third-order valence-corrected chi connectivity index (χ3v) is 4.06. The van der Waals surface area contributed by atoms with E-state index in [0.29, 0.717) is 6.10 Å². The molecule has 0 bridgehead atoms.